The standard InChI is InChI=1S/C66H60N4O/c1-44(2)35-45-33-34-67-63(36-45)70-59-32-29-48(46-19-11-9-12-20-46)39-58(59)57-31-30-54(42-62(57)70)71-53-24-17-23-52(41-53)68-43-69(61-28-16-15-27-60(61)68)64-55(47-21-13-10-14-22-47)25-18-26-56(64)49-37-50(65(3,4)5)40-51(38-49)66(6,7)8/h9-34,36-42,44H,35H2,1-8H3. The molecule has 8 aromatic carbocycles. The number of rotatable bonds is 10. The summed E-state index contributed by atoms with van der Waals surface area (Å²) in [5, 5.41) is 2.31. The molecule has 11 rings (SSSR count). The molecular formula is C66H60N4O. The Labute approximate surface area is 418 Å². The molecule has 0 fully saturated rings. The smallest absolute Gasteiger partial charge is 0.269 e. The van der Waals surface area contributed by atoms with Crippen molar-refractivity contribution in [1.82, 2.24) is 14.1 Å². The number of aromatic nitrogens is 4. The van der Waals surface area contributed by atoms with Crippen LogP contribution in [0.2, 0.25) is 0 Å². The maximum Gasteiger partial charge on any atom is 0.269 e. The molecule has 5 heteroatoms. The van der Waals surface area contributed by atoms with Crippen LogP contribution in [0.5, 0.6) is 11.5 Å². The Bertz CT molecular complexity index is 3720. The third-order valence-corrected chi connectivity index (χ3v) is 13.7. The fraction of sp³-hybridized carbons (Fsp3) is 0.182. The monoisotopic (exact) mass is 924 g/mol. The van der Waals surface area contributed by atoms with Gasteiger partial charge in [0.2, 0.25) is 0 Å². The molecule has 0 radical (unpaired) electrons. The number of ether oxygens (including phenoxy) is 1. The van der Waals surface area contributed by atoms with Crippen molar-refractivity contribution in [2.75, 3.05) is 0 Å². The molecule has 71 heavy (non-hydrogen) atoms. The topological polar surface area (TPSA) is 35.9 Å². The molecule has 350 valence electrons. The minimum absolute atomic E-state index is 0.0390. The summed E-state index contributed by atoms with van der Waals surface area (Å²) in [4.78, 5) is 4.96. The molecule has 3 aromatic heterocycles. The second-order valence-corrected chi connectivity index (χ2v) is 21.5. The van der Waals surface area contributed by atoms with E-state index in [4.69, 9.17) is 9.72 Å². The van der Waals surface area contributed by atoms with Crippen molar-refractivity contribution >= 4 is 32.8 Å². The van der Waals surface area contributed by atoms with E-state index in [2.05, 4.69) is 263 Å². The predicted octanol–water partition coefficient (Wildman–Crippen LogP) is 16.8. The summed E-state index contributed by atoms with van der Waals surface area (Å²) in [5.74, 6) is 2.89. The molecule has 0 saturated carbocycles. The van der Waals surface area contributed by atoms with E-state index < -0.39 is 0 Å². The van der Waals surface area contributed by atoms with Gasteiger partial charge >= 0.3 is 0 Å². The van der Waals surface area contributed by atoms with E-state index in [1.54, 1.807) is 0 Å². The highest BCUT2D eigenvalue weighted by Crippen LogP contribution is 2.41. The molecular weight excluding hydrogens is 865 g/mol. The van der Waals surface area contributed by atoms with Crippen LogP contribution in [0.15, 0.2) is 200 Å². The fourth-order valence-corrected chi connectivity index (χ4v) is 10.1. The minimum atomic E-state index is -0.0390. The third-order valence-electron chi connectivity index (χ3n) is 13.7. The highest BCUT2D eigenvalue weighted by Gasteiger charge is 2.25. The maximum atomic E-state index is 6.87. The molecule has 0 aliphatic carbocycles. The lowest BCUT2D eigenvalue weighted by molar-refractivity contribution is -0.571. The SMILES string of the molecule is CC(C)Cc1ccnc(-n2c3ccc(-c4ccccc4)cc3c3ccc(Oc4cccc(-n5[c-][n+](-c6c(-c7ccccc7)cccc6-c6cc(C(C)(C)C)cc(C(C)(C)C)c6)c6ccccc65)c4)cc32)c1. The van der Waals surface area contributed by atoms with Crippen molar-refractivity contribution in [2.45, 2.75) is 72.6 Å². The number of fused-ring (bicyclic) bond motifs is 4. The Kier molecular flexibility index (Phi) is 11.6. The van der Waals surface area contributed by atoms with Crippen LogP contribution in [0.3, 0.4) is 0 Å². The van der Waals surface area contributed by atoms with Crippen molar-refractivity contribution in [3.05, 3.63) is 223 Å². The average Bonchev–Trinajstić information content (AvgIpc) is 3.91. The quantitative estimate of drug-likeness (QED) is 0.101. The highest BCUT2D eigenvalue weighted by molar-refractivity contribution is 6.10. The first kappa shape index (κ1) is 45.4. The molecule has 0 saturated heterocycles. The third kappa shape index (κ3) is 8.82. The van der Waals surface area contributed by atoms with Gasteiger partial charge in [-0.2, -0.15) is 0 Å². The molecule has 3 heterocycles. The molecule has 5 nitrogen and oxygen atoms in total. The molecule has 11 aromatic rings. The zero-order valence-corrected chi connectivity index (χ0v) is 42.0. The molecule has 0 atom stereocenters. The van der Waals surface area contributed by atoms with Gasteiger partial charge in [-0.05, 0) is 128 Å². The second-order valence-electron chi connectivity index (χ2n) is 21.5. The van der Waals surface area contributed by atoms with Gasteiger partial charge in [0.05, 0.1) is 33.4 Å². The summed E-state index contributed by atoms with van der Waals surface area (Å²) < 4.78 is 13.6. The molecule has 0 N–H and O–H groups in total. The van der Waals surface area contributed by atoms with Crippen molar-refractivity contribution in [3.8, 4) is 62.1 Å². The summed E-state index contributed by atoms with van der Waals surface area (Å²) in [5.41, 5.74) is 17.0. The Morgan fingerprint density at radius 2 is 1.18 bits per heavy atom. The summed E-state index contributed by atoms with van der Waals surface area (Å²) in [7, 11) is 0. The van der Waals surface area contributed by atoms with Gasteiger partial charge in [0.1, 0.15) is 17.3 Å². The van der Waals surface area contributed by atoms with Gasteiger partial charge in [-0.3, -0.25) is 13.7 Å². The van der Waals surface area contributed by atoms with E-state index in [1.807, 2.05) is 12.3 Å². The average molecular weight is 925 g/mol. The van der Waals surface area contributed by atoms with Crippen molar-refractivity contribution < 1.29 is 9.30 Å². The van der Waals surface area contributed by atoms with Crippen molar-refractivity contribution in [3.63, 3.8) is 0 Å². The van der Waals surface area contributed by atoms with Crippen LogP contribution >= 0.6 is 0 Å². The van der Waals surface area contributed by atoms with Gasteiger partial charge in [-0.15, -0.1) is 0 Å². The summed E-state index contributed by atoms with van der Waals surface area (Å²) >= 11 is 0. The molecule has 0 aliphatic heterocycles. The largest absolute Gasteiger partial charge is 0.458 e. The van der Waals surface area contributed by atoms with Crippen LogP contribution < -0.4 is 9.30 Å². The van der Waals surface area contributed by atoms with Crippen LogP contribution in [-0.4, -0.2) is 14.1 Å². The van der Waals surface area contributed by atoms with Gasteiger partial charge in [0.25, 0.3) is 6.33 Å². The first-order valence-electron chi connectivity index (χ1n) is 24.9. The summed E-state index contributed by atoms with van der Waals surface area (Å²) in [6.45, 7) is 18.3. The summed E-state index contributed by atoms with van der Waals surface area (Å²) in [6, 6.07) is 69.7. The maximum absolute atomic E-state index is 6.87. The highest BCUT2D eigenvalue weighted by atomic mass is 16.5. The number of pyridine rings is 1. The van der Waals surface area contributed by atoms with Crippen LogP contribution in [0, 0.1) is 12.2 Å². The Morgan fingerprint density at radius 3 is 1.90 bits per heavy atom. The van der Waals surface area contributed by atoms with E-state index in [-0.39, 0.29) is 10.8 Å². The van der Waals surface area contributed by atoms with Gasteiger partial charge in [-0.1, -0.05) is 189 Å². The normalized spacial score (nSPS) is 12.1. The van der Waals surface area contributed by atoms with E-state index in [0.29, 0.717) is 5.92 Å². The first-order valence-corrected chi connectivity index (χ1v) is 24.9. The molecule has 0 aliphatic rings. The van der Waals surface area contributed by atoms with Crippen molar-refractivity contribution in [1.29, 1.82) is 0 Å². The molecule has 0 spiro atoms. The summed E-state index contributed by atoms with van der Waals surface area (Å²) in [6.07, 6.45) is 6.81. The molecule has 0 unspecified atom stereocenters. The van der Waals surface area contributed by atoms with Gasteiger partial charge < -0.3 is 4.74 Å². The number of benzene rings is 8. The zero-order valence-electron chi connectivity index (χ0n) is 42.0. The number of imidazole rings is 1. The lowest BCUT2D eigenvalue weighted by Crippen LogP contribution is -2.31. The number of hydrogen-bond acceptors (Lipinski definition) is 2. The Balaban J connectivity index is 1.04. The van der Waals surface area contributed by atoms with Gasteiger partial charge in [0.15, 0.2) is 0 Å². The minimum Gasteiger partial charge on any atom is -0.458 e. The van der Waals surface area contributed by atoms with Gasteiger partial charge in [-0.25, -0.2) is 4.98 Å². The van der Waals surface area contributed by atoms with E-state index in [9.17, 15) is 0 Å². The Morgan fingerprint density at radius 1 is 0.521 bits per heavy atom. The molecule has 0 bridgehead atoms. The zero-order chi connectivity index (χ0) is 49.0. The predicted molar refractivity (Wildman–Crippen MR) is 295 cm³/mol. The van der Waals surface area contributed by atoms with E-state index >= 15 is 0 Å². The van der Waals surface area contributed by atoms with Crippen LogP contribution in [0.25, 0.3) is 83.4 Å². The van der Waals surface area contributed by atoms with E-state index in [0.717, 1.165) is 79.3 Å². The Hall–Kier alpha value is -8.02. The van der Waals surface area contributed by atoms with Crippen molar-refractivity contribution in [2.24, 2.45) is 5.92 Å². The number of hydrogen-bond donors (Lipinski definition) is 0. The number of nitrogens with zero attached hydrogens (tertiary/aromatic N) is 4. The van der Waals surface area contributed by atoms with E-state index in [1.165, 1.54) is 38.8 Å². The van der Waals surface area contributed by atoms with Gasteiger partial charge in [0, 0.05) is 23.0 Å². The number of para-hydroxylation sites is 3. The second kappa shape index (κ2) is 18.1. The van der Waals surface area contributed by atoms with Crippen LogP contribution in [-0.2, 0) is 17.3 Å². The lowest BCUT2D eigenvalue weighted by Gasteiger charge is -2.27. The van der Waals surface area contributed by atoms with Crippen LogP contribution in [0.4, 0.5) is 0 Å². The van der Waals surface area contributed by atoms with Crippen LogP contribution in [0.1, 0.15) is 72.1 Å². The lowest BCUT2D eigenvalue weighted by atomic mass is 9.78. The molecule has 0 amide bonds. The fourth-order valence-electron chi connectivity index (χ4n) is 10.1. The first-order chi connectivity index (χ1) is 34.3.